The average Bonchev–Trinajstić information content (AvgIpc) is 3.34. The first kappa shape index (κ1) is 20.0. The summed E-state index contributed by atoms with van der Waals surface area (Å²) in [4.78, 5) is 26.3. The van der Waals surface area contributed by atoms with E-state index in [1.165, 1.54) is 11.3 Å². The number of benzene rings is 1. The smallest absolute Gasteiger partial charge is 0.254 e. The Hall–Kier alpha value is -3.90. The highest BCUT2D eigenvalue weighted by Crippen LogP contribution is 2.36. The quantitative estimate of drug-likeness (QED) is 0.415. The number of amides is 1. The molecule has 1 saturated carbocycles. The van der Waals surface area contributed by atoms with Crippen LogP contribution in [0.2, 0.25) is 0 Å². The predicted molar refractivity (Wildman–Crippen MR) is 124 cm³/mol. The fourth-order valence-electron chi connectivity index (χ4n) is 3.71. The Morgan fingerprint density at radius 1 is 1.28 bits per heavy atom. The third-order valence-electron chi connectivity index (χ3n) is 5.50. The number of aromatic nitrogens is 4. The summed E-state index contributed by atoms with van der Waals surface area (Å²) in [5.41, 5.74) is 15.9. The maximum atomic E-state index is 12.4. The van der Waals surface area contributed by atoms with Gasteiger partial charge >= 0.3 is 0 Å². The monoisotopic (exact) mass is 444 g/mol. The number of hydrogen-bond donors (Lipinski definition) is 3. The zero-order chi connectivity index (χ0) is 22.6. The summed E-state index contributed by atoms with van der Waals surface area (Å²) in [6.45, 7) is 3.67. The van der Waals surface area contributed by atoms with E-state index in [0.717, 1.165) is 18.4 Å². The van der Waals surface area contributed by atoms with Gasteiger partial charge in [-0.1, -0.05) is 12.0 Å². The van der Waals surface area contributed by atoms with Gasteiger partial charge in [0.25, 0.3) is 5.91 Å². The van der Waals surface area contributed by atoms with Crippen LogP contribution in [-0.2, 0) is 0 Å². The molecule has 1 amide bonds. The van der Waals surface area contributed by atoms with Gasteiger partial charge in [-0.25, -0.2) is 15.0 Å². The van der Waals surface area contributed by atoms with Gasteiger partial charge in [0.2, 0.25) is 0 Å². The Kier molecular flexibility index (Phi) is 4.60. The Balaban J connectivity index is 1.90. The van der Waals surface area contributed by atoms with Crippen molar-refractivity contribution >= 4 is 34.2 Å². The van der Waals surface area contributed by atoms with E-state index in [2.05, 4.69) is 16.8 Å². The second kappa shape index (κ2) is 7.35. The standard InChI is InChI=1S/C23H20N6O2S/c1-11-3-8-15(30)12(2)19(11)29-20(24)16(21(25)31)18-22(29)27-14(7-6-13-4-5-13)17(28-18)23-26-9-10-32-23/h3,8-10,13,30H,4-5,24H2,1-2H3,(H2,25,31). The fraction of sp³-hybridized carbons (Fsp3) is 0.217. The molecule has 8 nitrogen and oxygen atoms in total. The van der Waals surface area contributed by atoms with Gasteiger partial charge in [-0.05, 0) is 44.2 Å². The SMILES string of the molecule is Cc1ccc(O)c(C)c1-n1c(N)c(C(N)=O)c2nc(-c3nccs3)c(C#CC3CC3)nc21. The molecular weight excluding hydrogens is 424 g/mol. The van der Waals surface area contributed by atoms with Crippen molar-refractivity contribution in [2.24, 2.45) is 11.7 Å². The molecule has 0 atom stereocenters. The summed E-state index contributed by atoms with van der Waals surface area (Å²) >= 11 is 1.41. The molecule has 1 aliphatic carbocycles. The summed E-state index contributed by atoms with van der Waals surface area (Å²) in [7, 11) is 0. The van der Waals surface area contributed by atoms with E-state index in [4.69, 9.17) is 21.4 Å². The first-order valence-corrected chi connectivity index (χ1v) is 11.0. The average molecular weight is 445 g/mol. The van der Waals surface area contributed by atoms with Crippen LogP contribution in [0.4, 0.5) is 5.82 Å². The zero-order valence-electron chi connectivity index (χ0n) is 17.5. The number of anilines is 1. The van der Waals surface area contributed by atoms with Crippen molar-refractivity contribution in [1.82, 2.24) is 19.5 Å². The number of nitrogens with two attached hydrogens (primary N) is 2. The first-order chi connectivity index (χ1) is 15.4. The zero-order valence-corrected chi connectivity index (χ0v) is 18.3. The number of nitrogens with zero attached hydrogens (tertiary/aromatic N) is 4. The van der Waals surface area contributed by atoms with Crippen LogP contribution in [0.15, 0.2) is 23.7 Å². The summed E-state index contributed by atoms with van der Waals surface area (Å²) in [5, 5.41) is 12.8. The molecule has 5 N–H and O–H groups in total. The molecule has 160 valence electrons. The Labute approximate surface area is 187 Å². The van der Waals surface area contributed by atoms with Crippen LogP contribution >= 0.6 is 11.3 Å². The summed E-state index contributed by atoms with van der Waals surface area (Å²) < 4.78 is 1.63. The van der Waals surface area contributed by atoms with Gasteiger partial charge in [-0.15, -0.1) is 11.3 Å². The minimum absolute atomic E-state index is 0.0779. The van der Waals surface area contributed by atoms with Gasteiger partial charge < -0.3 is 16.6 Å². The first-order valence-electron chi connectivity index (χ1n) is 10.1. The van der Waals surface area contributed by atoms with E-state index in [1.807, 2.05) is 12.3 Å². The molecule has 5 rings (SSSR count). The highest BCUT2D eigenvalue weighted by molar-refractivity contribution is 7.13. The van der Waals surface area contributed by atoms with Crippen molar-refractivity contribution in [3.63, 3.8) is 0 Å². The Morgan fingerprint density at radius 2 is 2.06 bits per heavy atom. The van der Waals surface area contributed by atoms with E-state index >= 15 is 0 Å². The summed E-state index contributed by atoms with van der Waals surface area (Å²) in [5.74, 6) is 6.26. The van der Waals surface area contributed by atoms with Crippen LogP contribution in [0, 0.1) is 31.6 Å². The van der Waals surface area contributed by atoms with Gasteiger partial charge in [-0.2, -0.15) is 0 Å². The number of hydrogen-bond acceptors (Lipinski definition) is 7. The summed E-state index contributed by atoms with van der Waals surface area (Å²) in [6.07, 6.45) is 3.83. The lowest BCUT2D eigenvalue weighted by Crippen LogP contribution is -2.14. The van der Waals surface area contributed by atoms with E-state index in [0.29, 0.717) is 39.2 Å². The fourth-order valence-corrected chi connectivity index (χ4v) is 4.34. The molecule has 0 aliphatic heterocycles. The molecule has 0 unspecified atom stereocenters. The van der Waals surface area contributed by atoms with Gasteiger partial charge in [0.05, 0.1) is 5.69 Å². The van der Waals surface area contributed by atoms with Gasteiger partial charge in [-0.3, -0.25) is 9.36 Å². The van der Waals surface area contributed by atoms with E-state index in [9.17, 15) is 9.90 Å². The molecule has 0 radical (unpaired) electrons. The number of nitrogen functional groups attached to an aromatic ring is 1. The number of fused-ring (bicyclic) bond motifs is 1. The minimum atomic E-state index is -0.710. The normalized spacial score (nSPS) is 13.2. The molecule has 9 heteroatoms. The van der Waals surface area contributed by atoms with Crippen LogP contribution in [0.5, 0.6) is 5.75 Å². The molecule has 3 heterocycles. The lowest BCUT2D eigenvalue weighted by Gasteiger charge is -2.15. The molecule has 4 aromatic rings. The van der Waals surface area contributed by atoms with Crippen molar-refractivity contribution in [1.29, 1.82) is 0 Å². The van der Waals surface area contributed by atoms with Crippen molar-refractivity contribution in [2.45, 2.75) is 26.7 Å². The largest absolute Gasteiger partial charge is 0.508 e. The number of phenols is 1. The maximum absolute atomic E-state index is 12.4. The molecule has 1 fully saturated rings. The topological polar surface area (TPSA) is 133 Å². The van der Waals surface area contributed by atoms with Crippen LogP contribution in [0.1, 0.15) is 40.0 Å². The number of rotatable bonds is 3. The lowest BCUT2D eigenvalue weighted by atomic mass is 10.1. The van der Waals surface area contributed by atoms with Crippen molar-refractivity contribution < 1.29 is 9.90 Å². The van der Waals surface area contributed by atoms with Crippen LogP contribution in [0.3, 0.4) is 0 Å². The van der Waals surface area contributed by atoms with E-state index < -0.39 is 5.91 Å². The molecule has 0 saturated heterocycles. The molecule has 3 aromatic heterocycles. The molecule has 0 bridgehead atoms. The minimum Gasteiger partial charge on any atom is -0.508 e. The number of phenolic OH excluding ortho intramolecular Hbond substituents is 1. The van der Waals surface area contributed by atoms with E-state index in [1.54, 1.807) is 29.8 Å². The molecular formula is C23H20N6O2S. The lowest BCUT2D eigenvalue weighted by molar-refractivity contribution is 0.100. The number of aromatic hydroxyl groups is 1. The van der Waals surface area contributed by atoms with Gasteiger partial charge in [0, 0.05) is 23.1 Å². The third-order valence-corrected chi connectivity index (χ3v) is 6.28. The van der Waals surface area contributed by atoms with Crippen molar-refractivity contribution in [3.8, 4) is 34.0 Å². The number of thiazole rings is 1. The van der Waals surface area contributed by atoms with Crippen LogP contribution in [-0.4, -0.2) is 30.5 Å². The highest BCUT2D eigenvalue weighted by atomic mass is 32.1. The third kappa shape index (κ3) is 3.16. The van der Waals surface area contributed by atoms with Gasteiger partial charge in [0.1, 0.15) is 39.0 Å². The van der Waals surface area contributed by atoms with Crippen LogP contribution < -0.4 is 11.5 Å². The number of aryl methyl sites for hydroxylation is 1. The van der Waals surface area contributed by atoms with Crippen LogP contribution in [0.25, 0.3) is 27.6 Å². The second-order valence-electron chi connectivity index (χ2n) is 7.81. The Bertz CT molecular complexity index is 1460. The number of carbonyl (C=O) groups is 1. The number of primary amides is 1. The maximum Gasteiger partial charge on any atom is 0.254 e. The van der Waals surface area contributed by atoms with Crippen molar-refractivity contribution in [2.75, 3.05) is 5.73 Å². The molecule has 0 spiro atoms. The van der Waals surface area contributed by atoms with E-state index in [-0.39, 0.29) is 22.6 Å². The number of carbonyl (C=O) groups excluding carboxylic acids is 1. The predicted octanol–water partition coefficient (Wildman–Crippen LogP) is 3.31. The highest BCUT2D eigenvalue weighted by Gasteiger charge is 2.27. The Morgan fingerprint density at radius 3 is 2.72 bits per heavy atom. The van der Waals surface area contributed by atoms with Crippen molar-refractivity contribution in [3.05, 3.63) is 46.1 Å². The van der Waals surface area contributed by atoms with Gasteiger partial charge in [0.15, 0.2) is 5.65 Å². The molecule has 1 aromatic carbocycles. The second-order valence-corrected chi connectivity index (χ2v) is 8.70. The molecule has 1 aliphatic rings. The molecule has 32 heavy (non-hydrogen) atoms. The summed E-state index contributed by atoms with van der Waals surface area (Å²) in [6, 6.07) is 3.39.